The molecule has 242 valence electrons. The van der Waals surface area contributed by atoms with E-state index in [0.29, 0.717) is 0 Å². The van der Waals surface area contributed by atoms with Gasteiger partial charge in [-0.05, 0) is 114 Å². The Hall–Kier alpha value is -3.27. The first-order valence-electron chi connectivity index (χ1n) is 16.4. The van der Waals surface area contributed by atoms with Gasteiger partial charge in [-0.15, -0.1) is 0 Å². The molecule has 0 aliphatic rings. The lowest BCUT2D eigenvalue weighted by molar-refractivity contribution is 0.0544. The highest BCUT2D eigenvalue weighted by Gasteiger charge is 2.09. The molecule has 0 aliphatic heterocycles. The van der Waals surface area contributed by atoms with Gasteiger partial charge in [-0.1, -0.05) is 85.4 Å². The molecule has 0 saturated heterocycles. The summed E-state index contributed by atoms with van der Waals surface area (Å²) in [4.78, 5) is 7.07. The molecule has 2 aromatic carbocycles. The molecule has 4 nitrogen and oxygen atoms in total. The monoisotopic (exact) mass is 592 g/mol. The number of hydrogen-bond acceptors (Lipinski definition) is 3. The van der Waals surface area contributed by atoms with Gasteiger partial charge in [0.05, 0.1) is 5.76 Å². The van der Waals surface area contributed by atoms with Gasteiger partial charge in [0.2, 0.25) is 0 Å². The molecule has 0 saturated carbocycles. The molecule has 0 aromatic heterocycles. The average molecular weight is 592 g/mol. The molecule has 0 aliphatic carbocycles. The van der Waals surface area contributed by atoms with Crippen LogP contribution in [0.5, 0.6) is 0 Å². The first-order valence-corrected chi connectivity index (χ1v) is 16.4. The molecule has 1 N–H and O–H groups in total. The Morgan fingerprint density at radius 1 is 0.930 bits per heavy atom. The van der Waals surface area contributed by atoms with Crippen LogP contribution in [-0.2, 0) is 11.2 Å². The van der Waals surface area contributed by atoms with Crippen LogP contribution in [0.1, 0.15) is 120 Å². The fraction of sp³-hybridized carbons (Fsp3) is 0.513. The van der Waals surface area contributed by atoms with E-state index in [0.717, 1.165) is 49.6 Å². The zero-order valence-electron chi connectivity index (χ0n) is 30.3. The average Bonchev–Trinajstić information content (AvgIpc) is 2.97. The number of amidine groups is 1. The van der Waals surface area contributed by atoms with Crippen molar-refractivity contribution in [3.63, 3.8) is 0 Å². The summed E-state index contributed by atoms with van der Waals surface area (Å²) in [6.45, 7) is 34.6. The summed E-state index contributed by atoms with van der Waals surface area (Å²) in [7, 11) is 0. The van der Waals surface area contributed by atoms with Crippen molar-refractivity contribution in [2.45, 2.75) is 122 Å². The standard InChI is InChI=1S/C28H39N3.C7H14O.2C2H6/c1-7-19-31(20-8-2)28-16-15-27(21-22(28)5)30-23(6)29-18-17-25(10-4)26-13-11-24(9-3)12-14-26;1-6(2)8-7(3,4)5;2*1-2/h10-18,21H,7-9,19-20H2,1-6H3,(H,29,30);1H2,2-5H3;2*1-2H3/b18-17-,25-10-;;;. The van der Waals surface area contributed by atoms with E-state index >= 15 is 0 Å². The quantitative estimate of drug-likeness (QED) is 0.122. The van der Waals surface area contributed by atoms with Gasteiger partial charge in [0, 0.05) is 30.7 Å². The zero-order chi connectivity index (χ0) is 33.4. The highest BCUT2D eigenvalue weighted by Crippen LogP contribution is 2.24. The molecule has 0 atom stereocenters. The highest BCUT2D eigenvalue weighted by atomic mass is 16.5. The Kier molecular flexibility index (Phi) is 23.6. The van der Waals surface area contributed by atoms with Crippen molar-refractivity contribution in [2.75, 3.05) is 23.3 Å². The smallest absolute Gasteiger partial charge is 0.103 e. The van der Waals surface area contributed by atoms with Gasteiger partial charge in [-0.3, -0.25) is 0 Å². The Morgan fingerprint density at radius 3 is 1.88 bits per heavy atom. The second-order valence-corrected chi connectivity index (χ2v) is 10.9. The summed E-state index contributed by atoms with van der Waals surface area (Å²) in [6, 6.07) is 15.3. The predicted molar refractivity (Wildman–Crippen MR) is 198 cm³/mol. The van der Waals surface area contributed by atoms with Crippen LogP contribution in [0.3, 0.4) is 0 Å². The van der Waals surface area contributed by atoms with E-state index in [4.69, 9.17) is 4.74 Å². The van der Waals surface area contributed by atoms with Gasteiger partial charge in [0.25, 0.3) is 0 Å². The normalized spacial score (nSPS) is 11.3. The van der Waals surface area contributed by atoms with Crippen molar-refractivity contribution < 1.29 is 4.74 Å². The molecule has 2 rings (SSSR count). The van der Waals surface area contributed by atoms with Gasteiger partial charge < -0.3 is 15.0 Å². The second-order valence-electron chi connectivity index (χ2n) is 10.9. The van der Waals surface area contributed by atoms with E-state index in [1.807, 2.05) is 68.5 Å². The van der Waals surface area contributed by atoms with Gasteiger partial charge in [0.1, 0.15) is 11.4 Å². The van der Waals surface area contributed by atoms with Crippen LogP contribution in [0.15, 0.2) is 78.1 Å². The molecule has 0 amide bonds. The topological polar surface area (TPSA) is 36.9 Å². The third-order valence-corrected chi connectivity index (χ3v) is 5.86. The minimum atomic E-state index is -0.0775. The third kappa shape index (κ3) is 18.8. The summed E-state index contributed by atoms with van der Waals surface area (Å²) in [5, 5.41) is 3.42. The number of rotatable bonds is 11. The van der Waals surface area contributed by atoms with E-state index in [1.165, 1.54) is 28.0 Å². The van der Waals surface area contributed by atoms with E-state index < -0.39 is 0 Å². The molecular formula is C39H65N3O. The number of aryl methyl sites for hydroxylation is 2. The molecule has 43 heavy (non-hydrogen) atoms. The number of hydrogen-bond donors (Lipinski definition) is 1. The number of nitrogens with zero attached hydrogens (tertiary/aromatic N) is 2. The number of aliphatic imine (C=N–C) groups is 1. The number of benzene rings is 2. The van der Waals surface area contributed by atoms with Gasteiger partial charge in [-0.2, -0.15) is 0 Å². The van der Waals surface area contributed by atoms with Crippen molar-refractivity contribution in [3.8, 4) is 0 Å². The largest absolute Gasteiger partial charge is 0.493 e. The van der Waals surface area contributed by atoms with Crippen molar-refractivity contribution in [1.29, 1.82) is 0 Å². The minimum Gasteiger partial charge on any atom is -0.493 e. The Morgan fingerprint density at radius 2 is 1.49 bits per heavy atom. The lowest BCUT2D eigenvalue weighted by atomic mass is 10.0. The van der Waals surface area contributed by atoms with Crippen molar-refractivity contribution in [1.82, 2.24) is 0 Å². The molecule has 0 spiro atoms. The molecule has 4 heteroatoms. The van der Waals surface area contributed by atoms with Gasteiger partial charge >= 0.3 is 0 Å². The van der Waals surface area contributed by atoms with Crippen LogP contribution < -0.4 is 10.2 Å². The van der Waals surface area contributed by atoms with Crippen LogP contribution in [0.2, 0.25) is 0 Å². The number of allylic oxidation sites excluding steroid dienone is 4. The molecule has 0 radical (unpaired) electrons. The van der Waals surface area contributed by atoms with Crippen LogP contribution in [0.25, 0.3) is 5.57 Å². The van der Waals surface area contributed by atoms with Gasteiger partial charge in [0.15, 0.2) is 0 Å². The van der Waals surface area contributed by atoms with E-state index in [-0.39, 0.29) is 5.60 Å². The summed E-state index contributed by atoms with van der Waals surface area (Å²) in [5.41, 5.74) is 7.36. The first-order chi connectivity index (χ1) is 20.4. The SMILES string of the molecule is C/C=C(/C=C\N=C(C)Nc1ccc(N(CCC)CCC)c(C)c1)c1ccc(CC)cc1.C=C(C)OC(C)(C)C.CC.CC. The fourth-order valence-electron chi connectivity index (χ4n) is 4.27. The molecule has 0 bridgehead atoms. The van der Waals surface area contributed by atoms with Crippen molar-refractivity contribution >= 4 is 22.8 Å². The van der Waals surface area contributed by atoms with Gasteiger partial charge in [-0.25, -0.2) is 4.99 Å². The molecule has 0 unspecified atom stereocenters. The molecule has 2 aromatic rings. The van der Waals surface area contributed by atoms with Crippen LogP contribution >= 0.6 is 0 Å². The second kappa shape index (κ2) is 24.2. The Bertz CT molecular complexity index is 1100. The summed E-state index contributed by atoms with van der Waals surface area (Å²) < 4.78 is 5.24. The minimum absolute atomic E-state index is 0.0775. The Labute approximate surface area is 267 Å². The van der Waals surface area contributed by atoms with Crippen LogP contribution in [-0.4, -0.2) is 24.5 Å². The van der Waals surface area contributed by atoms with Crippen molar-refractivity contribution in [2.24, 2.45) is 4.99 Å². The number of ether oxygens (including phenoxy) is 1. The molecule has 0 fully saturated rings. The van der Waals surface area contributed by atoms with E-state index in [9.17, 15) is 0 Å². The van der Waals surface area contributed by atoms with Crippen LogP contribution in [0, 0.1) is 6.92 Å². The first kappa shape index (κ1) is 41.9. The van der Waals surface area contributed by atoms with E-state index in [1.54, 1.807) is 0 Å². The van der Waals surface area contributed by atoms with Crippen LogP contribution in [0.4, 0.5) is 11.4 Å². The highest BCUT2D eigenvalue weighted by molar-refractivity contribution is 5.94. The summed E-state index contributed by atoms with van der Waals surface area (Å²) in [5.74, 6) is 1.65. The maximum atomic E-state index is 5.24. The number of nitrogens with one attached hydrogen (secondary N) is 1. The summed E-state index contributed by atoms with van der Waals surface area (Å²) in [6.07, 6.45) is 9.44. The van der Waals surface area contributed by atoms with Crippen molar-refractivity contribution in [3.05, 3.63) is 89.8 Å². The molecule has 0 heterocycles. The maximum Gasteiger partial charge on any atom is 0.103 e. The lowest BCUT2D eigenvalue weighted by Crippen LogP contribution is -2.25. The predicted octanol–water partition coefficient (Wildman–Crippen LogP) is 12.0. The maximum absolute atomic E-state index is 5.24. The zero-order valence-corrected chi connectivity index (χ0v) is 30.3. The number of anilines is 2. The van der Waals surface area contributed by atoms with E-state index in [2.05, 4.69) is 111 Å². The Balaban J connectivity index is 0. The summed E-state index contributed by atoms with van der Waals surface area (Å²) >= 11 is 0. The lowest BCUT2D eigenvalue weighted by Gasteiger charge is -2.26. The molecular weight excluding hydrogens is 526 g/mol. The third-order valence-electron chi connectivity index (χ3n) is 5.86. The fourth-order valence-corrected chi connectivity index (χ4v) is 4.27.